The number of nitrogens with zero attached hydrogens (tertiary/aromatic N) is 3. The van der Waals surface area contributed by atoms with Gasteiger partial charge in [-0.05, 0) is 18.1 Å². The molecule has 0 aliphatic carbocycles. The minimum atomic E-state index is -1.51. The fourth-order valence-electron chi connectivity index (χ4n) is 2.82. The second-order valence-corrected chi connectivity index (χ2v) is 7.47. The first-order valence-corrected chi connectivity index (χ1v) is 10.5. The van der Waals surface area contributed by atoms with E-state index in [0.29, 0.717) is 30.5 Å². The minimum Gasteiger partial charge on any atom is -0.461 e. The lowest BCUT2D eigenvalue weighted by Gasteiger charge is -2.11. The Morgan fingerprint density at radius 3 is 2.83 bits per heavy atom. The summed E-state index contributed by atoms with van der Waals surface area (Å²) in [5.74, 6) is 0.134. The van der Waals surface area contributed by atoms with E-state index in [2.05, 4.69) is 15.0 Å². The van der Waals surface area contributed by atoms with Gasteiger partial charge in [0, 0.05) is 13.3 Å². The Bertz CT molecular complexity index is 1020. The summed E-state index contributed by atoms with van der Waals surface area (Å²) in [6.07, 6.45) is 0.423. The van der Waals surface area contributed by atoms with E-state index in [-0.39, 0.29) is 30.7 Å². The van der Waals surface area contributed by atoms with Crippen molar-refractivity contribution in [2.75, 3.05) is 32.7 Å². The molecule has 0 spiro atoms. The molecule has 156 valence electrons. The zero-order chi connectivity index (χ0) is 20.8. The van der Waals surface area contributed by atoms with Crippen molar-refractivity contribution in [3.8, 4) is 6.01 Å². The summed E-state index contributed by atoms with van der Waals surface area (Å²) >= 11 is 0. The highest BCUT2D eigenvalue weighted by molar-refractivity contribution is 7.45. The number of nitrogens with one attached hydrogen (secondary N) is 1. The number of aromatic amines is 1. The fraction of sp³-hybridized carbons (Fsp3) is 0.389. The van der Waals surface area contributed by atoms with Crippen molar-refractivity contribution >= 4 is 25.4 Å². The normalized spacial score (nSPS) is 12.4. The van der Waals surface area contributed by atoms with Crippen molar-refractivity contribution in [1.82, 2.24) is 19.5 Å². The van der Waals surface area contributed by atoms with Crippen LogP contribution in [0.1, 0.15) is 18.1 Å². The van der Waals surface area contributed by atoms with Gasteiger partial charge in [0.2, 0.25) is 0 Å². The smallest absolute Gasteiger partial charge is 0.328 e. The van der Waals surface area contributed by atoms with Gasteiger partial charge in [0.25, 0.3) is 0 Å². The molecule has 0 bridgehead atoms. The van der Waals surface area contributed by atoms with Crippen molar-refractivity contribution in [2.24, 2.45) is 0 Å². The number of hydrogen-bond donors (Lipinski definition) is 3. The Kier molecular flexibility index (Phi) is 7.16. The molecule has 4 N–H and O–H groups in total. The summed E-state index contributed by atoms with van der Waals surface area (Å²) in [6.45, 7) is 3.22. The molecule has 0 saturated carbocycles. The summed E-state index contributed by atoms with van der Waals surface area (Å²) in [4.78, 5) is 33.5. The molecule has 1 aromatic carbocycles. The van der Waals surface area contributed by atoms with Crippen molar-refractivity contribution in [3.63, 3.8) is 0 Å². The molecular formula is C18H24N5O5P. The highest BCUT2D eigenvalue weighted by Crippen LogP contribution is 2.35. The van der Waals surface area contributed by atoms with Gasteiger partial charge in [-0.15, -0.1) is 0 Å². The predicted molar refractivity (Wildman–Crippen MR) is 110 cm³/mol. The third kappa shape index (κ3) is 5.30. The SMILES string of the molecule is CCOP(O)Cc1cccc(Cn2c(=O)[nH]c3c(N)nc(OCCOC)nc32)c1. The maximum atomic E-state index is 12.5. The average Bonchev–Trinajstić information content (AvgIpc) is 2.99. The van der Waals surface area contributed by atoms with Gasteiger partial charge in [-0.25, -0.2) is 4.79 Å². The molecule has 10 nitrogen and oxygen atoms in total. The first-order valence-electron chi connectivity index (χ1n) is 9.06. The van der Waals surface area contributed by atoms with Crippen LogP contribution < -0.4 is 16.2 Å². The van der Waals surface area contributed by atoms with Crippen molar-refractivity contribution in [1.29, 1.82) is 0 Å². The molecule has 29 heavy (non-hydrogen) atoms. The van der Waals surface area contributed by atoms with Gasteiger partial charge < -0.3 is 29.6 Å². The Labute approximate surface area is 168 Å². The number of fused-ring (bicyclic) bond motifs is 1. The number of rotatable bonds is 10. The number of benzene rings is 1. The largest absolute Gasteiger partial charge is 0.461 e. The average molecular weight is 421 g/mol. The maximum Gasteiger partial charge on any atom is 0.328 e. The summed E-state index contributed by atoms with van der Waals surface area (Å²) in [6, 6.07) is 7.69. The maximum absolute atomic E-state index is 12.5. The van der Waals surface area contributed by atoms with Crippen molar-refractivity contribution in [3.05, 3.63) is 45.9 Å². The number of methoxy groups -OCH3 is 1. The molecule has 1 unspecified atom stereocenters. The topological polar surface area (TPSA) is 138 Å². The Balaban J connectivity index is 1.88. The molecule has 3 rings (SSSR count). The molecule has 2 aromatic heterocycles. The molecular weight excluding hydrogens is 397 g/mol. The number of anilines is 1. The lowest BCUT2D eigenvalue weighted by Crippen LogP contribution is -2.18. The van der Waals surface area contributed by atoms with E-state index in [1.165, 1.54) is 4.57 Å². The van der Waals surface area contributed by atoms with Gasteiger partial charge in [-0.2, -0.15) is 9.97 Å². The Hall–Kier alpha value is -2.52. The van der Waals surface area contributed by atoms with E-state index in [4.69, 9.17) is 19.7 Å². The molecule has 0 aliphatic heterocycles. The van der Waals surface area contributed by atoms with Crippen molar-refractivity contribution in [2.45, 2.75) is 19.6 Å². The zero-order valence-corrected chi connectivity index (χ0v) is 17.2. The van der Waals surface area contributed by atoms with Gasteiger partial charge in [-0.3, -0.25) is 4.57 Å². The highest BCUT2D eigenvalue weighted by Gasteiger charge is 2.15. The molecule has 0 saturated heterocycles. The van der Waals surface area contributed by atoms with Crippen molar-refractivity contribution < 1.29 is 18.9 Å². The monoisotopic (exact) mass is 421 g/mol. The molecule has 0 aliphatic rings. The summed E-state index contributed by atoms with van der Waals surface area (Å²) in [5.41, 5.74) is 8.14. The highest BCUT2D eigenvalue weighted by atomic mass is 31.2. The van der Waals surface area contributed by atoms with Gasteiger partial charge in [0.1, 0.15) is 12.1 Å². The lowest BCUT2D eigenvalue weighted by molar-refractivity contribution is 0.141. The quantitative estimate of drug-likeness (QED) is 0.332. The lowest BCUT2D eigenvalue weighted by atomic mass is 10.1. The molecule has 0 fully saturated rings. The van der Waals surface area contributed by atoms with E-state index < -0.39 is 8.38 Å². The molecule has 0 radical (unpaired) electrons. The standard InChI is InChI=1S/C18H24N5O5P/c1-3-28-29(25)11-13-6-4-5-12(9-13)10-23-16-14(20-18(23)24)15(19)21-17(22-16)27-8-7-26-2/h4-6,9,25H,3,7-8,10-11H2,1-2H3,(H,20,24)(H2,19,21,22). The number of aromatic nitrogens is 4. The van der Waals surface area contributed by atoms with Crippen LogP contribution in [0.4, 0.5) is 5.82 Å². The minimum absolute atomic E-state index is 0.0798. The first kappa shape index (κ1) is 21.2. The summed E-state index contributed by atoms with van der Waals surface area (Å²) < 4.78 is 17.1. The number of nitrogens with two attached hydrogens (primary N) is 1. The van der Waals surface area contributed by atoms with Gasteiger partial charge in [-0.1, -0.05) is 24.3 Å². The second-order valence-electron chi connectivity index (χ2n) is 6.20. The number of H-pyrrole nitrogens is 1. The van der Waals surface area contributed by atoms with Gasteiger partial charge in [0.05, 0.1) is 19.8 Å². The first-order chi connectivity index (χ1) is 14.0. The number of ether oxygens (including phenoxy) is 2. The molecule has 1 atom stereocenters. The van der Waals surface area contributed by atoms with Crippen LogP contribution in [-0.2, 0) is 22.0 Å². The number of imidazole rings is 1. The van der Waals surface area contributed by atoms with Crippen LogP contribution in [0.5, 0.6) is 6.01 Å². The summed E-state index contributed by atoms with van der Waals surface area (Å²) in [5, 5.41) is 0. The molecule has 11 heteroatoms. The van der Waals surface area contributed by atoms with E-state index in [1.807, 2.05) is 31.2 Å². The molecule has 2 heterocycles. The van der Waals surface area contributed by atoms with Crippen LogP contribution in [-0.4, -0.2) is 51.3 Å². The fourth-order valence-corrected chi connectivity index (χ4v) is 3.72. The second kappa shape index (κ2) is 9.80. The van der Waals surface area contributed by atoms with E-state index in [0.717, 1.165) is 11.1 Å². The van der Waals surface area contributed by atoms with Gasteiger partial charge in [0.15, 0.2) is 19.8 Å². The Morgan fingerprint density at radius 1 is 1.28 bits per heavy atom. The van der Waals surface area contributed by atoms with Gasteiger partial charge >= 0.3 is 11.7 Å². The third-order valence-electron chi connectivity index (χ3n) is 4.08. The molecule has 0 amide bonds. The predicted octanol–water partition coefficient (Wildman–Crippen LogP) is 1.62. The van der Waals surface area contributed by atoms with E-state index in [9.17, 15) is 9.69 Å². The van der Waals surface area contributed by atoms with Crippen LogP contribution in [0.3, 0.4) is 0 Å². The number of nitrogen functional groups attached to an aromatic ring is 1. The van der Waals surface area contributed by atoms with Crippen LogP contribution in [0.2, 0.25) is 0 Å². The third-order valence-corrected chi connectivity index (χ3v) is 5.27. The zero-order valence-electron chi connectivity index (χ0n) is 16.3. The summed E-state index contributed by atoms with van der Waals surface area (Å²) in [7, 11) is 0.0551. The molecule has 3 aromatic rings. The Morgan fingerprint density at radius 2 is 2.07 bits per heavy atom. The van der Waals surface area contributed by atoms with Crippen LogP contribution in [0, 0.1) is 0 Å². The van der Waals surface area contributed by atoms with Crippen LogP contribution in [0.25, 0.3) is 11.2 Å². The van der Waals surface area contributed by atoms with E-state index >= 15 is 0 Å². The van der Waals surface area contributed by atoms with Crippen LogP contribution in [0.15, 0.2) is 29.1 Å². The van der Waals surface area contributed by atoms with Crippen LogP contribution >= 0.6 is 8.38 Å². The van der Waals surface area contributed by atoms with E-state index in [1.54, 1.807) is 7.11 Å². The number of hydrogen-bond acceptors (Lipinski definition) is 8.